The summed E-state index contributed by atoms with van der Waals surface area (Å²) >= 11 is 0. The second-order valence-electron chi connectivity index (χ2n) is 7.42. The van der Waals surface area contributed by atoms with E-state index >= 15 is 0 Å². The van der Waals surface area contributed by atoms with Crippen molar-refractivity contribution >= 4 is 27.3 Å². The standard InChI is InChI=1S/C25H28N2O5S/c1-4-31-15-16-32-24-8-6-5-7-23(24)25(28)26-20-11-13-22(14-12-20)33(29,30)27-21-10-9-18(2)19(3)17-21/h5-14,17,27H,4,15-16H2,1-3H3,(H,26,28). The summed E-state index contributed by atoms with van der Waals surface area (Å²) in [7, 11) is -3.76. The fourth-order valence-electron chi connectivity index (χ4n) is 3.07. The van der Waals surface area contributed by atoms with E-state index in [1.807, 2.05) is 26.8 Å². The van der Waals surface area contributed by atoms with Gasteiger partial charge in [-0.2, -0.15) is 0 Å². The van der Waals surface area contributed by atoms with Crippen LogP contribution < -0.4 is 14.8 Å². The molecule has 3 aromatic carbocycles. The van der Waals surface area contributed by atoms with Gasteiger partial charge in [0.1, 0.15) is 12.4 Å². The van der Waals surface area contributed by atoms with E-state index in [4.69, 9.17) is 9.47 Å². The Morgan fingerprint density at radius 1 is 0.879 bits per heavy atom. The molecule has 7 nitrogen and oxygen atoms in total. The zero-order valence-electron chi connectivity index (χ0n) is 18.9. The highest BCUT2D eigenvalue weighted by atomic mass is 32.2. The Labute approximate surface area is 194 Å². The number of ether oxygens (including phenoxy) is 2. The lowest BCUT2D eigenvalue weighted by molar-refractivity contribution is 0.0998. The molecule has 0 fully saturated rings. The lowest BCUT2D eigenvalue weighted by Gasteiger charge is -2.13. The molecular weight excluding hydrogens is 440 g/mol. The largest absolute Gasteiger partial charge is 0.490 e. The third-order valence-corrected chi connectivity index (χ3v) is 6.40. The average molecular weight is 469 g/mol. The Balaban J connectivity index is 1.68. The lowest BCUT2D eigenvalue weighted by atomic mass is 10.1. The number of hydrogen-bond acceptors (Lipinski definition) is 5. The molecule has 0 saturated carbocycles. The van der Waals surface area contributed by atoms with Gasteiger partial charge in [-0.25, -0.2) is 8.42 Å². The van der Waals surface area contributed by atoms with Crippen LogP contribution in [0.25, 0.3) is 0 Å². The zero-order chi connectivity index (χ0) is 23.8. The van der Waals surface area contributed by atoms with Crippen LogP contribution in [0.3, 0.4) is 0 Å². The number of anilines is 2. The molecule has 0 aliphatic heterocycles. The molecule has 2 N–H and O–H groups in total. The number of benzene rings is 3. The Morgan fingerprint density at radius 3 is 2.27 bits per heavy atom. The number of hydrogen-bond donors (Lipinski definition) is 2. The summed E-state index contributed by atoms with van der Waals surface area (Å²) < 4.78 is 38.9. The second kappa shape index (κ2) is 11.0. The summed E-state index contributed by atoms with van der Waals surface area (Å²) in [4.78, 5) is 12.8. The van der Waals surface area contributed by atoms with Crippen LogP contribution in [0.5, 0.6) is 5.75 Å². The van der Waals surface area contributed by atoms with Gasteiger partial charge in [-0.3, -0.25) is 9.52 Å². The van der Waals surface area contributed by atoms with Crippen LogP contribution in [-0.2, 0) is 14.8 Å². The van der Waals surface area contributed by atoms with Crippen LogP contribution in [0.1, 0.15) is 28.4 Å². The van der Waals surface area contributed by atoms with Gasteiger partial charge >= 0.3 is 0 Å². The van der Waals surface area contributed by atoms with E-state index in [1.165, 1.54) is 12.1 Å². The fourth-order valence-corrected chi connectivity index (χ4v) is 4.12. The summed E-state index contributed by atoms with van der Waals surface area (Å²) in [6.45, 7) is 7.14. The fraction of sp³-hybridized carbons (Fsp3) is 0.240. The molecule has 0 aliphatic carbocycles. The predicted molar refractivity (Wildman–Crippen MR) is 130 cm³/mol. The Morgan fingerprint density at radius 2 is 1.58 bits per heavy atom. The Bertz CT molecular complexity index is 1210. The van der Waals surface area contributed by atoms with E-state index in [0.29, 0.717) is 42.5 Å². The molecule has 0 heterocycles. The lowest BCUT2D eigenvalue weighted by Crippen LogP contribution is -2.16. The maximum atomic E-state index is 12.8. The Hall–Kier alpha value is -3.36. The molecule has 3 aromatic rings. The van der Waals surface area contributed by atoms with E-state index in [2.05, 4.69) is 10.0 Å². The van der Waals surface area contributed by atoms with Crippen LogP contribution in [-0.4, -0.2) is 34.1 Å². The second-order valence-corrected chi connectivity index (χ2v) is 9.11. The van der Waals surface area contributed by atoms with E-state index in [0.717, 1.165) is 11.1 Å². The predicted octanol–water partition coefficient (Wildman–Crippen LogP) is 4.77. The maximum Gasteiger partial charge on any atom is 0.261 e. The van der Waals surface area contributed by atoms with Gasteiger partial charge in [-0.15, -0.1) is 0 Å². The van der Waals surface area contributed by atoms with Gasteiger partial charge in [0.25, 0.3) is 15.9 Å². The number of carbonyl (C=O) groups is 1. The molecule has 3 rings (SSSR count). The summed E-state index contributed by atoms with van der Waals surface area (Å²) in [5.41, 5.74) is 3.42. The van der Waals surface area contributed by atoms with Gasteiger partial charge in [-0.05, 0) is 80.4 Å². The third kappa shape index (κ3) is 6.57. The molecular formula is C25H28N2O5S. The van der Waals surface area contributed by atoms with E-state index in [1.54, 1.807) is 48.5 Å². The summed E-state index contributed by atoms with van der Waals surface area (Å²) in [5.74, 6) is 0.0948. The molecule has 0 saturated heterocycles. The number of amides is 1. The first-order valence-electron chi connectivity index (χ1n) is 10.6. The van der Waals surface area contributed by atoms with Crippen molar-refractivity contribution in [1.82, 2.24) is 0 Å². The van der Waals surface area contributed by atoms with E-state index < -0.39 is 10.0 Å². The maximum absolute atomic E-state index is 12.8. The molecule has 0 spiro atoms. The van der Waals surface area contributed by atoms with Gasteiger partial charge in [0.05, 0.1) is 17.1 Å². The minimum Gasteiger partial charge on any atom is -0.490 e. The van der Waals surface area contributed by atoms with Crippen LogP contribution in [0, 0.1) is 13.8 Å². The molecule has 1 amide bonds. The summed E-state index contributed by atoms with van der Waals surface area (Å²) in [5, 5.41) is 2.78. The number of nitrogens with one attached hydrogen (secondary N) is 2. The van der Waals surface area contributed by atoms with Gasteiger partial charge < -0.3 is 14.8 Å². The van der Waals surface area contributed by atoms with Crippen LogP contribution in [0.4, 0.5) is 11.4 Å². The minimum atomic E-state index is -3.76. The summed E-state index contributed by atoms with van der Waals surface area (Å²) in [6.07, 6.45) is 0. The van der Waals surface area contributed by atoms with Crippen molar-refractivity contribution in [1.29, 1.82) is 0 Å². The zero-order valence-corrected chi connectivity index (χ0v) is 19.7. The van der Waals surface area contributed by atoms with Gasteiger partial charge in [-0.1, -0.05) is 18.2 Å². The normalized spacial score (nSPS) is 11.1. The van der Waals surface area contributed by atoms with Crippen molar-refractivity contribution in [2.75, 3.05) is 29.9 Å². The van der Waals surface area contributed by atoms with Crippen molar-refractivity contribution in [3.05, 3.63) is 83.4 Å². The molecule has 8 heteroatoms. The van der Waals surface area contributed by atoms with Crippen LogP contribution >= 0.6 is 0 Å². The Kier molecular flexibility index (Phi) is 8.08. The highest BCUT2D eigenvalue weighted by molar-refractivity contribution is 7.92. The molecule has 0 aliphatic rings. The van der Waals surface area contributed by atoms with Gasteiger partial charge in [0.2, 0.25) is 0 Å². The first kappa shape index (κ1) is 24.3. The van der Waals surface area contributed by atoms with E-state index in [9.17, 15) is 13.2 Å². The highest BCUT2D eigenvalue weighted by Crippen LogP contribution is 2.22. The quantitative estimate of drug-likeness (QED) is 0.418. The number of sulfonamides is 1. The number of rotatable bonds is 10. The van der Waals surface area contributed by atoms with Crippen LogP contribution in [0.2, 0.25) is 0 Å². The average Bonchev–Trinajstić information content (AvgIpc) is 2.79. The number of aryl methyl sites for hydroxylation is 2. The number of para-hydroxylation sites is 1. The molecule has 0 radical (unpaired) electrons. The smallest absolute Gasteiger partial charge is 0.261 e. The van der Waals surface area contributed by atoms with Crippen molar-refractivity contribution in [3.8, 4) is 5.75 Å². The molecule has 0 atom stereocenters. The van der Waals surface area contributed by atoms with E-state index in [-0.39, 0.29) is 10.8 Å². The first-order chi connectivity index (χ1) is 15.8. The summed E-state index contributed by atoms with van der Waals surface area (Å²) in [6, 6.07) is 18.3. The third-order valence-electron chi connectivity index (χ3n) is 5.00. The molecule has 0 unspecified atom stereocenters. The SMILES string of the molecule is CCOCCOc1ccccc1C(=O)Nc1ccc(S(=O)(=O)Nc2ccc(C)c(C)c2)cc1. The molecule has 0 bridgehead atoms. The minimum absolute atomic E-state index is 0.0957. The van der Waals surface area contributed by atoms with Crippen molar-refractivity contribution < 1.29 is 22.7 Å². The van der Waals surface area contributed by atoms with Gasteiger partial charge in [0.15, 0.2) is 0 Å². The highest BCUT2D eigenvalue weighted by Gasteiger charge is 2.16. The monoisotopic (exact) mass is 468 g/mol. The molecule has 0 aromatic heterocycles. The van der Waals surface area contributed by atoms with Gasteiger partial charge in [0, 0.05) is 18.0 Å². The van der Waals surface area contributed by atoms with Crippen molar-refractivity contribution in [2.45, 2.75) is 25.7 Å². The molecule has 174 valence electrons. The molecule has 33 heavy (non-hydrogen) atoms. The first-order valence-corrected chi connectivity index (χ1v) is 12.1. The topological polar surface area (TPSA) is 93.7 Å². The number of carbonyl (C=O) groups excluding carboxylic acids is 1. The van der Waals surface area contributed by atoms with Crippen molar-refractivity contribution in [3.63, 3.8) is 0 Å². The van der Waals surface area contributed by atoms with Crippen molar-refractivity contribution in [2.24, 2.45) is 0 Å². The van der Waals surface area contributed by atoms with Crippen LogP contribution in [0.15, 0.2) is 71.6 Å².